The number of ether oxygens (including phenoxy) is 1. The molecule has 1 amide bonds. The first-order valence-electron chi connectivity index (χ1n) is 9.85. The lowest BCUT2D eigenvalue weighted by Gasteiger charge is -2.41. The molecule has 28 heavy (non-hydrogen) atoms. The van der Waals surface area contributed by atoms with Crippen molar-refractivity contribution in [2.24, 2.45) is 0 Å². The molecule has 0 aromatic carbocycles. The van der Waals surface area contributed by atoms with Crippen LogP contribution >= 0.6 is 0 Å². The fourth-order valence-electron chi connectivity index (χ4n) is 3.46. The molecule has 0 saturated carbocycles. The van der Waals surface area contributed by atoms with Crippen molar-refractivity contribution in [2.75, 3.05) is 31.1 Å². The van der Waals surface area contributed by atoms with Gasteiger partial charge in [-0.3, -0.25) is 0 Å². The first-order valence-corrected chi connectivity index (χ1v) is 9.85. The highest BCUT2D eigenvalue weighted by molar-refractivity contribution is 5.69. The zero-order valence-corrected chi connectivity index (χ0v) is 17.7. The fraction of sp³-hybridized carbons (Fsp3) is 0.700. The number of fused-ring (bicyclic) bond motifs is 1. The number of amides is 1. The number of piperazine rings is 1. The van der Waals surface area contributed by atoms with E-state index >= 15 is 0 Å². The van der Waals surface area contributed by atoms with Gasteiger partial charge in [0, 0.05) is 44.7 Å². The number of aromatic nitrogens is 2. The smallest absolute Gasteiger partial charge is 0.410 e. The molecule has 0 bridgehead atoms. The van der Waals surface area contributed by atoms with Crippen LogP contribution in [0, 0.1) is 11.3 Å². The van der Waals surface area contributed by atoms with Crippen molar-refractivity contribution in [1.29, 1.82) is 5.26 Å². The number of rotatable bonds is 1. The Labute approximate surface area is 167 Å². The Balaban J connectivity index is 0.000000878. The third-order valence-electron chi connectivity index (χ3n) is 4.64. The molecule has 0 unspecified atom stereocenters. The van der Waals surface area contributed by atoms with Crippen LogP contribution in [-0.4, -0.2) is 58.8 Å². The Morgan fingerprint density at radius 2 is 2.07 bits per heavy atom. The van der Waals surface area contributed by atoms with Gasteiger partial charge in [-0.15, -0.1) is 0 Å². The van der Waals surface area contributed by atoms with Gasteiger partial charge in [0.2, 0.25) is 0 Å². The lowest BCUT2D eigenvalue weighted by molar-refractivity contribution is 0.0158. The molecule has 1 aromatic rings. The van der Waals surface area contributed by atoms with Crippen LogP contribution in [0.1, 0.15) is 52.3 Å². The zero-order chi connectivity index (χ0) is 20.7. The van der Waals surface area contributed by atoms with E-state index < -0.39 is 5.60 Å². The maximum absolute atomic E-state index is 12.4. The van der Waals surface area contributed by atoms with Crippen LogP contribution in [0.25, 0.3) is 0 Å². The van der Waals surface area contributed by atoms with E-state index in [1.54, 1.807) is 12.4 Å². The topological polar surface area (TPSA) is 94.4 Å². The minimum atomic E-state index is -0.467. The van der Waals surface area contributed by atoms with E-state index in [2.05, 4.69) is 27.1 Å². The van der Waals surface area contributed by atoms with Gasteiger partial charge in [0.1, 0.15) is 17.7 Å². The maximum atomic E-state index is 12.4. The van der Waals surface area contributed by atoms with E-state index in [1.807, 2.05) is 25.7 Å². The van der Waals surface area contributed by atoms with E-state index in [0.717, 1.165) is 50.5 Å². The van der Waals surface area contributed by atoms with Crippen molar-refractivity contribution in [1.82, 2.24) is 20.2 Å². The fourth-order valence-corrected chi connectivity index (χ4v) is 3.46. The van der Waals surface area contributed by atoms with E-state index in [-0.39, 0.29) is 12.1 Å². The van der Waals surface area contributed by atoms with Gasteiger partial charge in [0.15, 0.2) is 0 Å². The van der Waals surface area contributed by atoms with Crippen molar-refractivity contribution in [3.63, 3.8) is 0 Å². The van der Waals surface area contributed by atoms with Crippen LogP contribution in [0.2, 0.25) is 0 Å². The summed E-state index contributed by atoms with van der Waals surface area (Å²) in [5.41, 5.74) is 1.89. The molecule has 1 atom stereocenters. The van der Waals surface area contributed by atoms with Gasteiger partial charge < -0.3 is 19.9 Å². The number of hydrogen-bond donors (Lipinski definition) is 1. The number of nitrogens with one attached hydrogen (secondary N) is 1. The molecule has 1 fully saturated rings. The minimum absolute atomic E-state index is 0.0816. The third-order valence-corrected chi connectivity index (χ3v) is 4.64. The molecule has 1 aromatic heterocycles. The van der Waals surface area contributed by atoms with Crippen molar-refractivity contribution >= 4 is 11.9 Å². The summed E-state index contributed by atoms with van der Waals surface area (Å²) in [5.74, 6) is 1.03. The Bertz CT molecular complexity index is 710. The number of nitrogens with zero attached hydrogens (tertiary/aromatic N) is 5. The highest BCUT2D eigenvalue weighted by Crippen LogP contribution is 2.26. The second-order valence-electron chi connectivity index (χ2n) is 8.10. The summed E-state index contributed by atoms with van der Waals surface area (Å²) in [6, 6.07) is 1.83. The predicted molar refractivity (Wildman–Crippen MR) is 108 cm³/mol. The molecule has 2 aliphatic heterocycles. The van der Waals surface area contributed by atoms with E-state index in [4.69, 9.17) is 10.00 Å². The normalized spacial score (nSPS) is 19.5. The van der Waals surface area contributed by atoms with Crippen molar-refractivity contribution in [3.8, 4) is 6.07 Å². The number of nitriles is 1. The van der Waals surface area contributed by atoms with Crippen LogP contribution in [0.4, 0.5) is 10.6 Å². The molecule has 1 N–H and O–H groups in total. The summed E-state index contributed by atoms with van der Waals surface area (Å²) >= 11 is 0. The average Bonchev–Trinajstić information content (AvgIpc) is 2.86. The number of hydrogen-bond acceptors (Lipinski definition) is 7. The molecule has 3 rings (SSSR count). The van der Waals surface area contributed by atoms with Crippen LogP contribution in [-0.2, 0) is 17.7 Å². The summed E-state index contributed by atoms with van der Waals surface area (Å²) in [6.45, 7) is 13.2. The standard InChI is InChI=1S/C18H29N5O2.C2H3N/c1-13-11-22(8-9-23(13)17(24)25-18(2,3)4)16-14-6-5-7-19-10-15(14)20-12-21-16;1-2-3/h12-13,19H,5-11H2,1-4H3;1H3/t13-;/m0./s1. The van der Waals surface area contributed by atoms with Crippen LogP contribution in [0.15, 0.2) is 6.33 Å². The van der Waals surface area contributed by atoms with Crippen molar-refractivity contribution in [3.05, 3.63) is 17.6 Å². The molecule has 3 heterocycles. The summed E-state index contributed by atoms with van der Waals surface area (Å²) in [7, 11) is 0. The Kier molecular flexibility index (Phi) is 7.58. The molecule has 8 heteroatoms. The first-order chi connectivity index (χ1) is 13.3. The van der Waals surface area contributed by atoms with Crippen molar-refractivity contribution < 1.29 is 9.53 Å². The Morgan fingerprint density at radius 1 is 1.36 bits per heavy atom. The second-order valence-corrected chi connectivity index (χ2v) is 8.10. The minimum Gasteiger partial charge on any atom is -0.444 e. The van der Waals surface area contributed by atoms with Gasteiger partial charge in [-0.05, 0) is 47.1 Å². The lowest BCUT2D eigenvalue weighted by Crippen LogP contribution is -2.55. The van der Waals surface area contributed by atoms with Crippen LogP contribution < -0.4 is 10.2 Å². The highest BCUT2D eigenvalue weighted by Gasteiger charge is 2.32. The van der Waals surface area contributed by atoms with Crippen LogP contribution in [0.3, 0.4) is 0 Å². The third kappa shape index (κ3) is 5.80. The molecular formula is C20H32N6O2. The number of anilines is 1. The summed E-state index contributed by atoms with van der Waals surface area (Å²) in [4.78, 5) is 25.5. The van der Waals surface area contributed by atoms with Crippen LogP contribution in [0.5, 0.6) is 0 Å². The second kappa shape index (κ2) is 9.69. The van der Waals surface area contributed by atoms with Crippen molar-refractivity contribution in [2.45, 2.75) is 65.6 Å². The van der Waals surface area contributed by atoms with Gasteiger partial charge >= 0.3 is 6.09 Å². The molecule has 1 saturated heterocycles. The quantitative estimate of drug-likeness (QED) is 0.790. The molecule has 154 valence electrons. The lowest BCUT2D eigenvalue weighted by atomic mass is 10.1. The molecule has 0 aliphatic carbocycles. The van der Waals surface area contributed by atoms with E-state index in [1.165, 1.54) is 12.5 Å². The monoisotopic (exact) mass is 388 g/mol. The maximum Gasteiger partial charge on any atom is 0.410 e. The molecular weight excluding hydrogens is 356 g/mol. The van der Waals surface area contributed by atoms with Gasteiger partial charge in [-0.25, -0.2) is 14.8 Å². The number of carbonyl (C=O) groups is 1. The summed E-state index contributed by atoms with van der Waals surface area (Å²) in [6.07, 6.45) is 3.52. The number of carbonyl (C=O) groups excluding carboxylic acids is 1. The van der Waals surface area contributed by atoms with Gasteiger partial charge in [-0.1, -0.05) is 0 Å². The SMILES string of the molecule is CC#N.C[C@H]1CN(c2ncnc3c2CCCNC3)CCN1C(=O)OC(C)(C)C. The summed E-state index contributed by atoms with van der Waals surface area (Å²) in [5, 5.41) is 10.7. The average molecular weight is 389 g/mol. The van der Waals surface area contributed by atoms with Gasteiger partial charge in [0.05, 0.1) is 11.8 Å². The zero-order valence-electron chi connectivity index (χ0n) is 17.7. The Hall–Kier alpha value is -2.40. The van der Waals surface area contributed by atoms with Gasteiger partial charge in [0.25, 0.3) is 0 Å². The first kappa shape index (κ1) is 21.9. The molecule has 2 aliphatic rings. The molecule has 8 nitrogen and oxygen atoms in total. The highest BCUT2D eigenvalue weighted by atomic mass is 16.6. The van der Waals surface area contributed by atoms with E-state index in [9.17, 15) is 4.79 Å². The largest absolute Gasteiger partial charge is 0.444 e. The molecule has 0 radical (unpaired) electrons. The predicted octanol–water partition coefficient (Wildman–Crippen LogP) is 2.49. The molecule has 0 spiro atoms. The van der Waals surface area contributed by atoms with E-state index in [0.29, 0.717) is 6.54 Å². The summed E-state index contributed by atoms with van der Waals surface area (Å²) < 4.78 is 5.53. The Morgan fingerprint density at radius 3 is 2.71 bits per heavy atom. The van der Waals surface area contributed by atoms with Gasteiger partial charge in [-0.2, -0.15) is 5.26 Å².